The SMILES string of the molecule is O[C@@H]1CN(Cc2sc3ccccc3c2Cl)C[C@H]1F. The molecule has 0 bridgehead atoms. The molecular formula is C13H13ClFNOS. The molecule has 96 valence electrons. The summed E-state index contributed by atoms with van der Waals surface area (Å²) in [6.07, 6.45) is -2.00. The molecule has 1 aliphatic rings. The Morgan fingerprint density at radius 1 is 1.39 bits per heavy atom. The van der Waals surface area contributed by atoms with Gasteiger partial charge >= 0.3 is 0 Å². The van der Waals surface area contributed by atoms with Crippen molar-refractivity contribution in [1.29, 1.82) is 0 Å². The van der Waals surface area contributed by atoms with Crippen LogP contribution in [0.2, 0.25) is 5.02 Å². The molecule has 1 aliphatic heterocycles. The van der Waals surface area contributed by atoms with Crippen molar-refractivity contribution in [2.45, 2.75) is 18.8 Å². The average Bonchev–Trinajstić information content (AvgIpc) is 2.83. The molecule has 2 heterocycles. The van der Waals surface area contributed by atoms with Crippen LogP contribution in [0.1, 0.15) is 4.88 Å². The lowest BCUT2D eigenvalue weighted by Gasteiger charge is -2.13. The molecule has 0 aliphatic carbocycles. The second kappa shape index (κ2) is 4.78. The van der Waals surface area contributed by atoms with Crippen LogP contribution < -0.4 is 0 Å². The van der Waals surface area contributed by atoms with Gasteiger partial charge in [0.15, 0.2) is 0 Å². The van der Waals surface area contributed by atoms with Gasteiger partial charge in [0, 0.05) is 34.6 Å². The number of benzene rings is 1. The van der Waals surface area contributed by atoms with Gasteiger partial charge in [-0.3, -0.25) is 4.90 Å². The van der Waals surface area contributed by atoms with E-state index in [4.69, 9.17) is 11.6 Å². The maximum atomic E-state index is 13.3. The average molecular weight is 286 g/mol. The van der Waals surface area contributed by atoms with E-state index in [1.165, 1.54) is 0 Å². The van der Waals surface area contributed by atoms with Gasteiger partial charge in [-0.05, 0) is 6.07 Å². The van der Waals surface area contributed by atoms with E-state index in [2.05, 4.69) is 0 Å². The van der Waals surface area contributed by atoms with Gasteiger partial charge in [0.05, 0.1) is 11.1 Å². The van der Waals surface area contributed by atoms with Gasteiger partial charge in [0.25, 0.3) is 0 Å². The normalized spacial score (nSPS) is 25.1. The molecule has 5 heteroatoms. The highest BCUT2D eigenvalue weighted by molar-refractivity contribution is 7.19. The van der Waals surface area contributed by atoms with Crippen LogP contribution in [0.5, 0.6) is 0 Å². The quantitative estimate of drug-likeness (QED) is 0.917. The minimum atomic E-state index is -1.14. The highest BCUT2D eigenvalue weighted by Gasteiger charge is 2.31. The zero-order valence-electron chi connectivity index (χ0n) is 9.64. The van der Waals surface area contributed by atoms with Crippen molar-refractivity contribution in [2.75, 3.05) is 13.1 Å². The molecule has 0 unspecified atom stereocenters. The van der Waals surface area contributed by atoms with Crippen molar-refractivity contribution in [2.24, 2.45) is 0 Å². The smallest absolute Gasteiger partial charge is 0.140 e. The number of hydrogen-bond donors (Lipinski definition) is 1. The summed E-state index contributed by atoms with van der Waals surface area (Å²) in [6.45, 7) is 1.27. The molecule has 2 atom stereocenters. The van der Waals surface area contributed by atoms with Crippen LogP contribution in [0.25, 0.3) is 10.1 Å². The predicted octanol–water partition coefficient (Wildman–Crippen LogP) is 3.07. The number of halogens is 2. The highest BCUT2D eigenvalue weighted by atomic mass is 35.5. The summed E-state index contributed by atoms with van der Waals surface area (Å²) in [6, 6.07) is 7.97. The number of likely N-dealkylation sites (tertiary alicyclic amines) is 1. The summed E-state index contributed by atoms with van der Waals surface area (Å²) >= 11 is 7.97. The molecule has 1 N–H and O–H groups in total. The lowest BCUT2D eigenvalue weighted by Crippen LogP contribution is -2.21. The maximum Gasteiger partial charge on any atom is 0.140 e. The molecule has 0 spiro atoms. The van der Waals surface area contributed by atoms with Crippen LogP contribution in [0.4, 0.5) is 4.39 Å². The third-order valence-corrected chi connectivity index (χ3v) is 4.96. The van der Waals surface area contributed by atoms with Gasteiger partial charge in [0.2, 0.25) is 0 Å². The van der Waals surface area contributed by atoms with Crippen LogP contribution >= 0.6 is 22.9 Å². The number of alkyl halides is 1. The molecule has 2 nitrogen and oxygen atoms in total. The summed E-state index contributed by atoms with van der Waals surface area (Å²) in [5, 5.41) is 11.2. The van der Waals surface area contributed by atoms with Crippen molar-refractivity contribution < 1.29 is 9.50 Å². The second-order valence-electron chi connectivity index (χ2n) is 4.61. The molecular weight excluding hydrogens is 273 g/mol. The molecule has 0 radical (unpaired) electrons. The lowest BCUT2D eigenvalue weighted by molar-refractivity contribution is 0.115. The fourth-order valence-corrected chi connectivity index (χ4v) is 3.86. The zero-order valence-corrected chi connectivity index (χ0v) is 11.2. The first kappa shape index (κ1) is 12.4. The number of aliphatic hydroxyl groups is 1. The van der Waals surface area contributed by atoms with Crippen LogP contribution in [0.3, 0.4) is 0 Å². The van der Waals surface area contributed by atoms with E-state index in [0.717, 1.165) is 20.0 Å². The van der Waals surface area contributed by atoms with Crippen LogP contribution in [0, 0.1) is 0 Å². The number of hydrogen-bond acceptors (Lipinski definition) is 3. The minimum absolute atomic E-state index is 0.283. The Hall–Kier alpha value is -0.680. The summed E-state index contributed by atoms with van der Waals surface area (Å²) in [7, 11) is 0. The van der Waals surface area contributed by atoms with Crippen molar-refractivity contribution in [3.63, 3.8) is 0 Å². The fraction of sp³-hybridized carbons (Fsp3) is 0.385. The van der Waals surface area contributed by atoms with Crippen LogP contribution in [0.15, 0.2) is 24.3 Å². The standard InChI is InChI=1S/C13H13ClFNOS/c14-13-8-3-1-2-4-11(8)18-12(13)7-16-5-9(15)10(17)6-16/h1-4,9-10,17H,5-7H2/t9-,10-/m1/s1. The van der Waals surface area contributed by atoms with Gasteiger partial charge in [-0.2, -0.15) is 0 Å². The molecule has 18 heavy (non-hydrogen) atoms. The molecule has 0 saturated carbocycles. The van der Waals surface area contributed by atoms with E-state index in [1.807, 2.05) is 29.2 Å². The number of nitrogens with zero attached hydrogens (tertiary/aromatic N) is 1. The summed E-state index contributed by atoms with van der Waals surface area (Å²) in [5.41, 5.74) is 0. The van der Waals surface area contributed by atoms with E-state index in [9.17, 15) is 9.50 Å². The number of aliphatic hydroxyl groups excluding tert-OH is 1. The molecule has 1 fully saturated rings. The first-order valence-corrected chi connectivity index (χ1v) is 7.05. The number of rotatable bonds is 2. The Balaban J connectivity index is 1.85. The molecule has 1 aromatic carbocycles. The largest absolute Gasteiger partial charge is 0.389 e. The third kappa shape index (κ3) is 2.14. The monoisotopic (exact) mass is 285 g/mol. The van der Waals surface area contributed by atoms with Gasteiger partial charge in [-0.25, -0.2) is 4.39 Å². The third-order valence-electron chi connectivity index (χ3n) is 3.26. The first-order valence-electron chi connectivity index (χ1n) is 5.85. The van der Waals surface area contributed by atoms with Gasteiger partial charge < -0.3 is 5.11 Å². The van der Waals surface area contributed by atoms with Crippen molar-refractivity contribution in [3.8, 4) is 0 Å². The van der Waals surface area contributed by atoms with Crippen LogP contribution in [-0.2, 0) is 6.54 Å². The summed E-state index contributed by atoms with van der Waals surface area (Å²) in [5.74, 6) is 0. The second-order valence-corrected chi connectivity index (χ2v) is 6.13. The maximum absolute atomic E-state index is 13.3. The predicted molar refractivity (Wildman–Crippen MR) is 73.0 cm³/mol. The van der Waals surface area contributed by atoms with Gasteiger partial charge in [-0.15, -0.1) is 11.3 Å². The van der Waals surface area contributed by atoms with Gasteiger partial charge in [0.1, 0.15) is 6.17 Å². The zero-order chi connectivity index (χ0) is 12.7. The van der Waals surface area contributed by atoms with E-state index in [1.54, 1.807) is 11.3 Å². The number of fused-ring (bicyclic) bond motifs is 1. The van der Waals surface area contributed by atoms with Crippen molar-refractivity contribution in [1.82, 2.24) is 4.90 Å². The minimum Gasteiger partial charge on any atom is -0.389 e. The highest BCUT2D eigenvalue weighted by Crippen LogP contribution is 2.36. The Bertz CT molecular complexity index is 563. The first-order chi connectivity index (χ1) is 8.65. The molecule has 3 rings (SSSR count). The summed E-state index contributed by atoms with van der Waals surface area (Å²) in [4.78, 5) is 2.95. The fourth-order valence-electron chi connectivity index (χ4n) is 2.32. The topological polar surface area (TPSA) is 23.5 Å². The van der Waals surface area contributed by atoms with Crippen molar-refractivity contribution >= 4 is 33.0 Å². The Morgan fingerprint density at radius 3 is 2.83 bits per heavy atom. The Morgan fingerprint density at radius 2 is 2.17 bits per heavy atom. The number of thiophene rings is 1. The van der Waals surface area contributed by atoms with E-state index >= 15 is 0 Å². The van der Waals surface area contributed by atoms with E-state index in [0.29, 0.717) is 13.1 Å². The Kier molecular flexibility index (Phi) is 3.28. The van der Waals surface area contributed by atoms with E-state index in [-0.39, 0.29) is 6.54 Å². The Labute approximate surface area is 114 Å². The van der Waals surface area contributed by atoms with E-state index < -0.39 is 12.3 Å². The molecule has 2 aromatic rings. The number of β-amino-alcohol motifs (C(OH)–C–C–N with tert-alkyl or cyclic N) is 1. The van der Waals surface area contributed by atoms with Crippen molar-refractivity contribution in [3.05, 3.63) is 34.2 Å². The van der Waals surface area contributed by atoms with Crippen LogP contribution in [-0.4, -0.2) is 35.4 Å². The molecule has 1 aromatic heterocycles. The molecule has 1 saturated heterocycles. The summed E-state index contributed by atoms with van der Waals surface area (Å²) < 4.78 is 14.4. The van der Waals surface area contributed by atoms with Gasteiger partial charge in [-0.1, -0.05) is 29.8 Å². The molecule has 0 amide bonds. The lowest BCUT2D eigenvalue weighted by atomic mass is 10.2.